The molecule has 9 heteroatoms. The third-order valence-corrected chi connectivity index (χ3v) is 7.00. The standard InChI is InChI=1S/C19H20N4O2S3/c1-3-12-4-6-13(7-5-12)14-9-26-18(22-14)23-17(25)10-27-19-21-11(2)15(28-19)8-16(20)24/h4-7,9H,3,8,10H2,1-2H3,(H2,20,24)(H,22,23,25). The van der Waals surface area contributed by atoms with Crippen LogP contribution in [-0.4, -0.2) is 27.5 Å². The number of hydrogen-bond acceptors (Lipinski definition) is 7. The SMILES string of the molecule is CCc1ccc(-c2csc(NC(=O)CSc3nc(C)c(CC(N)=O)s3)n2)cc1. The minimum atomic E-state index is -0.384. The summed E-state index contributed by atoms with van der Waals surface area (Å²) in [6.45, 7) is 3.96. The molecule has 0 saturated carbocycles. The molecule has 2 amide bonds. The molecule has 0 fully saturated rings. The number of benzene rings is 1. The van der Waals surface area contributed by atoms with Crippen molar-refractivity contribution in [3.8, 4) is 11.3 Å². The molecule has 0 spiro atoms. The average Bonchev–Trinajstić information content (AvgIpc) is 3.26. The molecule has 3 aromatic rings. The number of thiazole rings is 2. The Morgan fingerprint density at radius 2 is 1.96 bits per heavy atom. The Bertz CT molecular complexity index is 979. The Kier molecular flexibility index (Phi) is 6.82. The molecule has 2 aromatic heterocycles. The number of anilines is 1. The molecule has 0 saturated heterocycles. The Morgan fingerprint density at radius 3 is 2.64 bits per heavy atom. The molecule has 6 nitrogen and oxygen atoms in total. The highest BCUT2D eigenvalue weighted by atomic mass is 32.2. The van der Waals surface area contributed by atoms with Gasteiger partial charge in [0.1, 0.15) is 0 Å². The summed E-state index contributed by atoms with van der Waals surface area (Å²) in [5.74, 6) is -0.301. The summed E-state index contributed by atoms with van der Waals surface area (Å²) in [6, 6.07) is 8.27. The molecule has 2 heterocycles. The van der Waals surface area contributed by atoms with Gasteiger partial charge in [0.15, 0.2) is 9.47 Å². The van der Waals surface area contributed by atoms with E-state index >= 15 is 0 Å². The molecule has 0 radical (unpaired) electrons. The number of primary amides is 1. The zero-order valence-corrected chi connectivity index (χ0v) is 18.0. The van der Waals surface area contributed by atoms with Crippen molar-refractivity contribution in [2.24, 2.45) is 5.73 Å². The van der Waals surface area contributed by atoms with Gasteiger partial charge in [-0.05, 0) is 18.9 Å². The van der Waals surface area contributed by atoms with Crippen LogP contribution in [0.1, 0.15) is 23.1 Å². The molecule has 0 aliphatic rings. The van der Waals surface area contributed by atoms with Gasteiger partial charge in [-0.25, -0.2) is 9.97 Å². The highest BCUT2D eigenvalue weighted by Crippen LogP contribution is 2.28. The predicted molar refractivity (Wildman–Crippen MR) is 116 cm³/mol. The monoisotopic (exact) mass is 432 g/mol. The summed E-state index contributed by atoms with van der Waals surface area (Å²) in [5, 5.41) is 5.34. The van der Waals surface area contributed by atoms with Crippen LogP contribution in [0.4, 0.5) is 5.13 Å². The van der Waals surface area contributed by atoms with Crippen molar-refractivity contribution >= 4 is 51.4 Å². The second kappa shape index (κ2) is 9.31. The predicted octanol–water partition coefficient (Wildman–Crippen LogP) is 3.90. The van der Waals surface area contributed by atoms with Crippen molar-refractivity contribution < 1.29 is 9.59 Å². The molecule has 3 N–H and O–H groups in total. The summed E-state index contributed by atoms with van der Waals surface area (Å²) in [5.41, 5.74) is 9.17. The van der Waals surface area contributed by atoms with Crippen LogP contribution in [0.2, 0.25) is 0 Å². The van der Waals surface area contributed by atoms with Crippen LogP contribution < -0.4 is 11.1 Å². The van der Waals surface area contributed by atoms with Crippen LogP contribution in [0.15, 0.2) is 34.0 Å². The number of nitrogens with two attached hydrogens (primary N) is 1. The second-order valence-electron chi connectivity index (χ2n) is 6.06. The lowest BCUT2D eigenvalue weighted by molar-refractivity contribution is -0.117. The van der Waals surface area contributed by atoms with Gasteiger partial charge in [-0.15, -0.1) is 22.7 Å². The van der Waals surface area contributed by atoms with Crippen LogP contribution in [-0.2, 0) is 22.4 Å². The van der Waals surface area contributed by atoms with Gasteiger partial charge in [-0.2, -0.15) is 0 Å². The zero-order valence-electron chi connectivity index (χ0n) is 15.5. The molecule has 0 unspecified atom stereocenters. The number of amides is 2. The molecule has 28 heavy (non-hydrogen) atoms. The maximum Gasteiger partial charge on any atom is 0.236 e. The number of aromatic nitrogens is 2. The lowest BCUT2D eigenvalue weighted by atomic mass is 10.1. The summed E-state index contributed by atoms with van der Waals surface area (Å²) in [6.07, 6.45) is 1.18. The third kappa shape index (κ3) is 5.40. The molecule has 3 rings (SSSR count). The van der Waals surface area contributed by atoms with Crippen LogP contribution in [0.3, 0.4) is 0 Å². The molecule has 146 valence electrons. The van der Waals surface area contributed by atoms with E-state index in [1.807, 2.05) is 24.4 Å². The molecule has 0 atom stereocenters. The first kappa shape index (κ1) is 20.5. The third-order valence-electron chi connectivity index (χ3n) is 3.94. The highest BCUT2D eigenvalue weighted by Gasteiger charge is 2.13. The van der Waals surface area contributed by atoms with E-state index in [-0.39, 0.29) is 24.0 Å². The van der Waals surface area contributed by atoms with Crippen molar-refractivity contribution in [2.75, 3.05) is 11.1 Å². The average molecular weight is 433 g/mol. The van der Waals surface area contributed by atoms with Gasteiger partial charge >= 0.3 is 0 Å². The normalized spacial score (nSPS) is 10.8. The fourth-order valence-electron chi connectivity index (χ4n) is 2.44. The van der Waals surface area contributed by atoms with E-state index in [4.69, 9.17) is 5.73 Å². The lowest BCUT2D eigenvalue weighted by Crippen LogP contribution is -2.13. The Hall–Kier alpha value is -2.23. The van der Waals surface area contributed by atoms with Crippen molar-refractivity contribution in [2.45, 2.75) is 31.0 Å². The van der Waals surface area contributed by atoms with Crippen LogP contribution >= 0.6 is 34.4 Å². The Balaban J connectivity index is 1.55. The van der Waals surface area contributed by atoms with Gasteiger partial charge in [0.25, 0.3) is 0 Å². The lowest BCUT2D eigenvalue weighted by Gasteiger charge is -2.01. The van der Waals surface area contributed by atoms with E-state index in [0.29, 0.717) is 5.13 Å². The van der Waals surface area contributed by atoms with Crippen LogP contribution in [0, 0.1) is 6.92 Å². The van der Waals surface area contributed by atoms with Crippen molar-refractivity contribution in [1.82, 2.24) is 9.97 Å². The molecule has 0 bridgehead atoms. The molecule has 0 aliphatic carbocycles. The first-order chi connectivity index (χ1) is 13.4. The Labute approximate surface area is 175 Å². The van der Waals surface area contributed by atoms with Gasteiger partial charge < -0.3 is 11.1 Å². The first-order valence-electron chi connectivity index (χ1n) is 8.66. The summed E-state index contributed by atoms with van der Waals surface area (Å²) < 4.78 is 0.750. The maximum absolute atomic E-state index is 12.2. The number of rotatable bonds is 8. The second-order valence-corrected chi connectivity index (χ2v) is 9.22. The summed E-state index contributed by atoms with van der Waals surface area (Å²) in [4.78, 5) is 33.0. The number of carbonyl (C=O) groups excluding carboxylic acids is 2. The van der Waals surface area contributed by atoms with Gasteiger partial charge in [-0.3, -0.25) is 9.59 Å². The number of nitrogens with zero attached hydrogens (tertiary/aromatic N) is 2. The van der Waals surface area contributed by atoms with Gasteiger partial charge in [0.2, 0.25) is 11.8 Å². The smallest absolute Gasteiger partial charge is 0.236 e. The van der Waals surface area contributed by atoms with E-state index in [2.05, 4.69) is 34.3 Å². The van der Waals surface area contributed by atoms with Gasteiger partial charge in [-0.1, -0.05) is 43.0 Å². The molecular formula is C19H20N4O2S3. The van der Waals surface area contributed by atoms with Crippen molar-refractivity contribution in [3.05, 3.63) is 45.8 Å². The van der Waals surface area contributed by atoms with E-state index < -0.39 is 0 Å². The topological polar surface area (TPSA) is 98.0 Å². The quantitative estimate of drug-likeness (QED) is 0.526. The number of carbonyl (C=O) groups is 2. The number of nitrogens with one attached hydrogen (secondary N) is 1. The van der Waals surface area contributed by atoms with E-state index in [0.717, 1.165) is 32.6 Å². The summed E-state index contributed by atoms with van der Waals surface area (Å²) in [7, 11) is 0. The van der Waals surface area contributed by atoms with E-state index in [1.165, 1.54) is 40.0 Å². The van der Waals surface area contributed by atoms with E-state index in [1.54, 1.807) is 0 Å². The fraction of sp³-hybridized carbons (Fsp3) is 0.263. The van der Waals surface area contributed by atoms with Crippen LogP contribution in [0.5, 0.6) is 0 Å². The molecular weight excluding hydrogens is 412 g/mol. The molecule has 1 aromatic carbocycles. The molecule has 0 aliphatic heterocycles. The number of hydrogen-bond donors (Lipinski definition) is 2. The largest absolute Gasteiger partial charge is 0.369 e. The number of thioether (sulfide) groups is 1. The highest BCUT2D eigenvalue weighted by molar-refractivity contribution is 8.01. The summed E-state index contributed by atoms with van der Waals surface area (Å²) >= 11 is 4.14. The van der Waals surface area contributed by atoms with E-state index in [9.17, 15) is 9.59 Å². The number of aryl methyl sites for hydroxylation is 2. The van der Waals surface area contributed by atoms with Crippen LogP contribution in [0.25, 0.3) is 11.3 Å². The zero-order chi connectivity index (χ0) is 20.1. The fourth-order valence-corrected chi connectivity index (χ4v) is 5.22. The van der Waals surface area contributed by atoms with Gasteiger partial charge in [0, 0.05) is 15.8 Å². The maximum atomic E-state index is 12.2. The minimum absolute atomic E-state index is 0.142. The van der Waals surface area contributed by atoms with Crippen molar-refractivity contribution in [3.63, 3.8) is 0 Å². The first-order valence-corrected chi connectivity index (χ1v) is 11.3. The van der Waals surface area contributed by atoms with Crippen molar-refractivity contribution in [1.29, 1.82) is 0 Å². The minimum Gasteiger partial charge on any atom is -0.369 e. The Morgan fingerprint density at radius 1 is 1.21 bits per heavy atom. The van der Waals surface area contributed by atoms with Gasteiger partial charge in [0.05, 0.1) is 23.6 Å².